The van der Waals surface area contributed by atoms with Crippen LogP contribution in [-0.4, -0.2) is 16.6 Å². The van der Waals surface area contributed by atoms with E-state index in [9.17, 15) is 23.7 Å². The van der Waals surface area contributed by atoms with Gasteiger partial charge in [-0.1, -0.05) is 41.0 Å². The SMILES string of the molecule is O=C(Nc1cccc(Cl)c1SC(F)F)c1ccc([N+](=O)[O-])cc1Cl. The topological polar surface area (TPSA) is 72.2 Å². The molecular weight excluding hydrogens is 385 g/mol. The molecule has 0 saturated heterocycles. The third-order valence-electron chi connectivity index (χ3n) is 2.83. The molecule has 0 spiro atoms. The van der Waals surface area contributed by atoms with E-state index in [0.717, 1.165) is 12.1 Å². The fraction of sp³-hybridized carbons (Fsp3) is 0.0714. The number of hydrogen-bond acceptors (Lipinski definition) is 4. The highest BCUT2D eigenvalue weighted by molar-refractivity contribution is 7.99. The highest BCUT2D eigenvalue weighted by Crippen LogP contribution is 2.38. The molecule has 0 aliphatic carbocycles. The molecule has 0 atom stereocenters. The first-order valence-electron chi connectivity index (χ1n) is 6.28. The first kappa shape index (κ1) is 18.4. The summed E-state index contributed by atoms with van der Waals surface area (Å²) in [5.41, 5.74) is -0.212. The van der Waals surface area contributed by atoms with Crippen LogP contribution in [0, 0.1) is 10.1 Å². The van der Waals surface area contributed by atoms with Gasteiger partial charge in [0.2, 0.25) is 0 Å². The normalized spacial score (nSPS) is 10.7. The van der Waals surface area contributed by atoms with Crippen molar-refractivity contribution >= 4 is 52.2 Å². The summed E-state index contributed by atoms with van der Waals surface area (Å²) in [4.78, 5) is 22.3. The van der Waals surface area contributed by atoms with Crippen LogP contribution in [0.15, 0.2) is 41.3 Å². The van der Waals surface area contributed by atoms with Gasteiger partial charge in [-0.15, -0.1) is 0 Å². The summed E-state index contributed by atoms with van der Waals surface area (Å²) >= 11 is 12.0. The summed E-state index contributed by atoms with van der Waals surface area (Å²) in [6.07, 6.45) is 0. The second-order valence-corrected chi connectivity index (χ2v) is 6.19. The largest absolute Gasteiger partial charge is 0.321 e. The molecule has 0 fully saturated rings. The Morgan fingerprint density at radius 3 is 2.50 bits per heavy atom. The van der Waals surface area contributed by atoms with Crippen molar-refractivity contribution < 1.29 is 18.5 Å². The Morgan fingerprint density at radius 2 is 1.92 bits per heavy atom. The maximum Gasteiger partial charge on any atom is 0.289 e. The Balaban J connectivity index is 2.30. The number of rotatable bonds is 5. The molecule has 0 bridgehead atoms. The first-order valence-corrected chi connectivity index (χ1v) is 7.91. The van der Waals surface area contributed by atoms with Crippen LogP contribution in [0.4, 0.5) is 20.2 Å². The Morgan fingerprint density at radius 1 is 1.21 bits per heavy atom. The van der Waals surface area contributed by atoms with Crippen molar-refractivity contribution in [1.82, 2.24) is 0 Å². The smallest absolute Gasteiger partial charge is 0.289 e. The van der Waals surface area contributed by atoms with E-state index in [2.05, 4.69) is 5.32 Å². The van der Waals surface area contributed by atoms with Crippen LogP contribution in [0.1, 0.15) is 10.4 Å². The number of halogens is 4. The van der Waals surface area contributed by atoms with Crippen LogP contribution in [0.2, 0.25) is 10.0 Å². The minimum Gasteiger partial charge on any atom is -0.321 e. The number of amides is 1. The molecule has 0 radical (unpaired) electrons. The standard InChI is InChI=1S/C14H8Cl2F2N2O3S/c15-9-2-1-3-11(12(9)24-14(17)18)19-13(21)8-5-4-7(20(22)23)6-10(8)16/h1-6,14H,(H,19,21). The van der Waals surface area contributed by atoms with Crippen LogP contribution >= 0.6 is 35.0 Å². The van der Waals surface area contributed by atoms with Gasteiger partial charge in [-0.25, -0.2) is 0 Å². The predicted molar refractivity (Wildman–Crippen MR) is 89.4 cm³/mol. The van der Waals surface area contributed by atoms with Crippen molar-refractivity contribution in [3.8, 4) is 0 Å². The fourth-order valence-corrected chi connectivity index (χ4v) is 2.98. The summed E-state index contributed by atoms with van der Waals surface area (Å²) in [7, 11) is 0. The number of hydrogen-bond donors (Lipinski definition) is 1. The molecule has 0 aliphatic rings. The van der Waals surface area contributed by atoms with Crippen LogP contribution in [0.5, 0.6) is 0 Å². The number of nitro benzene ring substituents is 1. The summed E-state index contributed by atoms with van der Waals surface area (Å²) in [6.45, 7) is 0. The zero-order valence-corrected chi connectivity index (χ0v) is 14.0. The highest BCUT2D eigenvalue weighted by atomic mass is 35.5. The lowest BCUT2D eigenvalue weighted by Gasteiger charge is -2.12. The molecule has 10 heteroatoms. The van der Waals surface area contributed by atoms with Gasteiger partial charge in [0.15, 0.2) is 0 Å². The predicted octanol–water partition coefficient (Wildman–Crippen LogP) is 5.47. The van der Waals surface area contributed by atoms with Gasteiger partial charge >= 0.3 is 0 Å². The van der Waals surface area contributed by atoms with Crippen molar-refractivity contribution in [2.24, 2.45) is 0 Å². The number of nitro groups is 1. The molecule has 0 unspecified atom stereocenters. The van der Waals surface area contributed by atoms with Gasteiger partial charge in [0, 0.05) is 12.1 Å². The molecule has 24 heavy (non-hydrogen) atoms. The van der Waals surface area contributed by atoms with Crippen LogP contribution < -0.4 is 5.32 Å². The van der Waals surface area contributed by atoms with E-state index in [4.69, 9.17) is 23.2 Å². The molecule has 0 aliphatic heterocycles. The van der Waals surface area contributed by atoms with E-state index in [-0.39, 0.29) is 43.6 Å². The number of thioether (sulfide) groups is 1. The van der Waals surface area contributed by atoms with E-state index < -0.39 is 16.6 Å². The molecule has 2 aromatic rings. The number of nitrogens with zero attached hydrogens (tertiary/aromatic N) is 1. The number of carbonyl (C=O) groups is 1. The highest BCUT2D eigenvalue weighted by Gasteiger charge is 2.19. The zero-order chi connectivity index (χ0) is 17.9. The molecule has 2 rings (SSSR count). The Kier molecular flexibility index (Phi) is 5.98. The van der Waals surface area contributed by atoms with Crippen LogP contribution in [0.25, 0.3) is 0 Å². The maximum absolute atomic E-state index is 12.6. The number of benzene rings is 2. The lowest BCUT2D eigenvalue weighted by Crippen LogP contribution is -2.13. The van der Waals surface area contributed by atoms with E-state index in [1.54, 1.807) is 0 Å². The number of nitrogens with one attached hydrogen (secondary N) is 1. The molecule has 5 nitrogen and oxygen atoms in total. The average Bonchev–Trinajstić information content (AvgIpc) is 2.50. The van der Waals surface area contributed by atoms with Gasteiger partial charge < -0.3 is 5.32 Å². The maximum atomic E-state index is 12.6. The minimum absolute atomic E-state index is 0.0144. The second-order valence-electron chi connectivity index (χ2n) is 4.37. The monoisotopic (exact) mass is 392 g/mol. The minimum atomic E-state index is -2.72. The molecule has 0 heterocycles. The Labute approximate surface area is 149 Å². The molecule has 1 amide bonds. The number of anilines is 1. The van der Waals surface area contributed by atoms with E-state index in [1.165, 1.54) is 24.3 Å². The summed E-state index contributed by atoms with van der Waals surface area (Å²) < 4.78 is 25.3. The molecular formula is C14H8Cl2F2N2O3S. The van der Waals surface area contributed by atoms with Gasteiger partial charge in [-0.05, 0) is 18.2 Å². The zero-order valence-electron chi connectivity index (χ0n) is 11.6. The first-order chi connectivity index (χ1) is 11.3. The van der Waals surface area contributed by atoms with Gasteiger partial charge in [0.25, 0.3) is 17.4 Å². The van der Waals surface area contributed by atoms with Crippen molar-refractivity contribution in [2.45, 2.75) is 10.7 Å². The van der Waals surface area contributed by atoms with Gasteiger partial charge in [-0.3, -0.25) is 14.9 Å². The fourth-order valence-electron chi connectivity index (χ4n) is 1.81. The van der Waals surface area contributed by atoms with Gasteiger partial charge in [0.1, 0.15) is 0 Å². The summed E-state index contributed by atoms with van der Waals surface area (Å²) in [6, 6.07) is 7.65. The Hall–Kier alpha value is -1.90. The third-order valence-corrected chi connectivity index (χ3v) is 4.42. The Bertz CT molecular complexity index is 806. The molecule has 1 N–H and O–H groups in total. The molecule has 0 aromatic heterocycles. The van der Waals surface area contributed by atoms with Crippen molar-refractivity contribution in [2.75, 3.05) is 5.32 Å². The quantitative estimate of drug-likeness (QED) is 0.416. The van der Waals surface area contributed by atoms with E-state index in [1.807, 2.05) is 0 Å². The lowest BCUT2D eigenvalue weighted by atomic mass is 10.2. The molecule has 2 aromatic carbocycles. The van der Waals surface area contributed by atoms with Crippen molar-refractivity contribution in [3.63, 3.8) is 0 Å². The number of carbonyl (C=O) groups excluding carboxylic acids is 1. The molecule has 0 saturated carbocycles. The third kappa shape index (κ3) is 4.34. The second kappa shape index (κ2) is 7.78. The lowest BCUT2D eigenvalue weighted by molar-refractivity contribution is -0.384. The van der Waals surface area contributed by atoms with Crippen LogP contribution in [0.3, 0.4) is 0 Å². The average molecular weight is 393 g/mol. The number of non-ortho nitro benzene ring substituents is 1. The van der Waals surface area contributed by atoms with Gasteiger partial charge in [-0.2, -0.15) is 8.78 Å². The number of alkyl halides is 2. The van der Waals surface area contributed by atoms with Crippen molar-refractivity contribution in [3.05, 3.63) is 62.1 Å². The summed E-state index contributed by atoms with van der Waals surface area (Å²) in [5, 5.41) is 13.0. The van der Waals surface area contributed by atoms with Gasteiger partial charge in [0.05, 0.1) is 31.1 Å². The summed E-state index contributed by atoms with van der Waals surface area (Å²) in [5.74, 6) is -3.42. The van der Waals surface area contributed by atoms with E-state index in [0.29, 0.717) is 0 Å². The van der Waals surface area contributed by atoms with Crippen LogP contribution in [-0.2, 0) is 0 Å². The van der Waals surface area contributed by atoms with Crippen molar-refractivity contribution in [1.29, 1.82) is 0 Å². The molecule has 126 valence electrons. The van der Waals surface area contributed by atoms with E-state index >= 15 is 0 Å².